The minimum Gasteiger partial charge on any atom is -0.436 e. The summed E-state index contributed by atoms with van der Waals surface area (Å²) in [5.74, 6) is 0.441. The van der Waals surface area contributed by atoms with E-state index in [9.17, 15) is 4.79 Å². The number of aromatic nitrogens is 1. The van der Waals surface area contributed by atoms with Gasteiger partial charge in [0.2, 0.25) is 5.89 Å². The number of fused-ring (bicyclic) bond motifs is 1. The fourth-order valence-corrected chi connectivity index (χ4v) is 2.78. The van der Waals surface area contributed by atoms with Gasteiger partial charge in [-0.05, 0) is 36.4 Å². The van der Waals surface area contributed by atoms with Gasteiger partial charge in [0, 0.05) is 17.4 Å². The summed E-state index contributed by atoms with van der Waals surface area (Å²) in [6.45, 7) is 0. The zero-order valence-electron chi connectivity index (χ0n) is 13.6. The summed E-state index contributed by atoms with van der Waals surface area (Å²) in [4.78, 5) is 16.6. The van der Waals surface area contributed by atoms with Crippen molar-refractivity contribution in [3.8, 4) is 11.5 Å². The lowest BCUT2D eigenvalue weighted by Crippen LogP contribution is -2.19. The summed E-state index contributed by atoms with van der Waals surface area (Å²) in [6.07, 6.45) is 0. The van der Waals surface area contributed by atoms with Gasteiger partial charge in [-0.25, -0.2) is 9.78 Å². The molecule has 26 heavy (non-hydrogen) atoms. The van der Waals surface area contributed by atoms with Crippen molar-refractivity contribution in [2.75, 3.05) is 10.6 Å². The van der Waals surface area contributed by atoms with E-state index in [-0.39, 0.29) is 6.03 Å². The molecule has 1 aromatic heterocycles. The number of para-hydroxylation sites is 1. The number of carbonyl (C=O) groups is 1. The number of nitrogens with one attached hydrogen (secondary N) is 2. The van der Waals surface area contributed by atoms with E-state index in [1.807, 2.05) is 48.5 Å². The predicted molar refractivity (Wildman–Crippen MR) is 104 cm³/mol. The van der Waals surface area contributed by atoms with Gasteiger partial charge >= 0.3 is 6.03 Å². The predicted octanol–water partition coefficient (Wildman–Crippen LogP) is 5.79. The third-order valence-corrected chi connectivity index (χ3v) is 4.11. The first-order valence-corrected chi connectivity index (χ1v) is 8.35. The van der Waals surface area contributed by atoms with Gasteiger partial charge < -0.3 is 15.1 Å². The van der Waals surface area contributed by atoms with Crippen LogP contribution in [0.1, 0.15) is 0 Å². The molecule has 0 radical (unpaired) electrons. The van der Waals surface area contributed by atoms with Crippen molar-refractivity contribution in [1.82, 2.24) is 4.98 Å². The molecule has 1 heterocycles. The molecule has 0 spiro atoms. The molecule has 0 atom stereocenters. The average molecular weight is 364 g/mol. The van der Waals surface area contributed by atoms with E-state index >= 15 is 0 Å². The molecule has 0 saturated carbocycles. The number of benzene rings is 3. The summed E-state index contributed by atoms with van der Waals surface area (Å²) in [7, 11) is 0. The molecular weight excluding hydrogens is 350 g/mol. The molecule has 0 saturated heterocycles. The van der Waals surface area contributed by atoms with E-state index in [2.05, 4.69) is 15.6 Å². The molecule has 6 heteroatoms. The minimum atomic E-state index is -0.332. The Morgan fingerprint density at radius 3 is 2.42 bits per heavy atom. The van der Waals surface area contributed by atoms with Crippen molar-refractivity contribution in [2.45, 2.75) is 0 Å². The molecule has 128 valence electrons. The van der Waals surface area contributed by atoms with Crippen LogP contribution in [-0.4, -0.2) is 11.0 Å². The fraction of sp³-hybridized carbons (Fsp3) is 0. The quantitative estimate of drug-likeness (QED) is 0.484. The van der Waals surface area contributed by atoms with Crippen LogP contribution in [0.15, 0.2) is 77.2 Å². The third kappa shape index (κ3) is 3.38. The standard InChI is InChI=1S/C20H14ClN3O2/c21-16-9-5-4-8-15(16)19-24-17-11-10-14(12-18(17)26-19)23-20(25)22-13-6-2-1-3-7-13/h1-12H,(H2,22,23,25). The maximum atomic E-state index is 12.1. The minimum absolute atomic E-state index is 0.332. The van der Waals surface area contributed by atoms with Gasteiger partial charge in [0.25, 0.3) is 0 Å². The van der Waals surface area contributed by atoms with Crippen LogP contribution in [0.4, 0.5) is 16.2 Å². The van der Waals surface area contributed by atoms with E-state index < -0.39 is 0 Å². The number of amides is 2. The van der Waals surface area contributed by atoms with Gasteiger partial charge in [0.1, 0.15) is 5.52 Å². The average Bonchev–Trinajstić information content (AvgIpc) is 3.06. The van der Waals surface area contributed by atoms with Gasteiger partial charge in [-0.2, -0.15) is 0 Å². The van der Waals surface area contributed by atoms with Crippen molar-refractivity contribution >= 4 is 40.1 Å². The van der Waals surface area contributed by atoms with Crippen LogP contribution < -0.4 is 10.6 Å². The summed E-state index contributed by atoms with van der Waals surface area (Å²) in [6, 6.07) is 21.5. The highest BCUT2D eigenvalue weighted by molar-refractivity contribution is 6.33. The molecule has 4 aromatic rings. The number of nitrogens with zero attached hydrogens (tertiary/aromatic N) is 1. The van der Waals surface area contributed by atoms with Crippen LogP contribution in [0, 0.1) is 0 Å². The maximum absolute atomic E-state index is 12.1. The molecule has 4 rings (SSSR count). The van der Waals surface area contributed by atoms with Crippen LogP contribution in [0.5, 0.6) is 0 Å². The first kappa shape index (κ1) is 16.2. The number of rotatable bonds is 3. The number of carbonyl (C=O) groups excluding carboxylic acids is 1. The smallest absolute Gasteiger partial charge is 0.323 e. The Balaban J connectivity index is 1.56. The second-order valence-corrected chi connectivity index (χ2v) is 6.03. The van der Waals surface area contributed by atoms with E-state index in [1.165, 1.54) is 0 Å². The van der Waals surface area contributed by atoms with Gasteiger partial charge in [-0.15, -0.1) is 0 Å². The van der Waals surface area contributed by atoms with Crippen molar-refractivity contribution in [1.29, 1.82) is 0 Å². The zero-order valence-corrected chi connectivity index (χ0v) is 14.3. The Hall–Kier alpha value is -3.31. The highest BCUT2D eigenvalue weighted by atomic mass is 35.5. The van der Waals surface area contributed by atoms with E-state index in [4.69, 9.17) is 16.0 Å². The number of hydrogen-bond acceptors (Lipinski definition) is 3. The topological polar surface area (TPSA) is 67.2 Å². The number of hydrogen-bond donors (Lipinski definition) is 2. The number of oxazole rings is 1. The van der Waals surface area contributed by atoms with Crippen molar-refractivity contribution < 1.29 is 9.21 Å². The highest BCUT2D eigenvalue weighted by Crippen LogP contribution is 2.30. The molecular formula is C20H14ClN3O2. The summed E-state index contributed by atoms with van der Waals surface area (Å²) < 4.78 is 5.81. The van der Waals surface area contributed by atoms with Crippen molar-refractivity contribution in [3.63, 3.8) is 0 Å². The van der Waals surface area contributed by atoms with Crippen molar-refractivity contribution in [3.05, 3.63) is 77.8 Å². The Labute approximate surface area is 154 Å². The summed E-state index contributed by atoms with van der Waals surface area (Å²) >= 11 is 6.20. The first-order chi connectivity index (χ1) is 12.7. The zero-order chi connectivity index (χ0) is 17.9. The molecule has 2 N–H and O–H groups in total. The van der Waals surface area contributed by atoms with Gasteiger partial charge in [-0.1, -0.05) is 41.9 Å². The fourth-order valence-electron chi connectivity index (χ4n) is 2.57. The lowest BCUT2D eigenvalue weighted by atomic mass is 10.2. The lowest BCUT2D eigenvalue weighted by molar-refractivity contribution is 0.262. The SMILES string of the molecule is O=C(Nc1ccccc1)Nc1ccc2nc(-c3ccccc3Cl)oc2c1. The Morgan fingerprint density at radius 2 is 1.62 bits per heavy atom. The molecule has 0 fully saturated rings. The molecule has 2 amide bonds. The molecule has 0 unspecified atom stereocenters. The molecule has 3 aromatic carbocycles. The Morgan fingerprint density at radius 1 is 0.885 bits per heavy atom. The van der Waals surface area contributed by atoms with Crippen LogP contribution >= 0.6 is 11.6 Å². The second kappa shape index (κ2) is 6.90. The second-order valence-electron chi connectivity index (χ2n) is 5.63. The number of anilines is 2. The maximum Gasteiger partial charge on any atom is 0.323 e. The summed E-state index contributed by atoms with van der Waals surface area (Å²) in [5, 5.41) is 6.11. The molecule has 0 aliphatic heterocycles. The molecule has 0 bridgehead atoms. The lowest BCUT2D eigenvalue weighted by Gasteiger charge is -2.07. The van der Waals surface area contributed by atoms with Crippen molar-refractivity contribution in [2.24, 2.45) is 0 Å². The van der Waals surface area contributed by atoms with Crippen LogP contribution in [0.3, 0.4) is 0 Å². The largest absolute Gasteiger partial charge is 0.436 e. The van der Waals surface area contributed by atoms with Crippen LogP contribution in [0.25, 0.3) is 22.6 Å². The van der Waals surface area contributed by atoms with Crippen LogP contribution in [0.2, 0.25) is 5.02 Å². The van der Waals surface area contributed by atoms with Gasteiger partial charge in [0.15, 0.2) is 5.58 Å². The Kier molecular flexibility index (Phi) is 4.29. The van der Waals surface area contributed by atoms with E-state index in [0.29, 0.717) is 33.4 Å². The normalized spacial score (nSPS) is 10.7. The van der Waals surface area contributed by atoms with E-state index in [0.717, 1.165) is 5.56 Å². The number of urea groups is 1. The van der Waals surface area contributed by atoms with Gasteiger partial charge in [-0.3, -0.25) is 0 Å². The molecule has 0 aliphatic rings. The Bertz CT molecular complexity index is 1080. The molecule has 5 nitrogen and oxygen atoms in total. The first-order valence-electron chi connectivity index (χ1n) is 7.97. The monoisotopic (exact) mass is 363 g/mol. The van der Waals surface area contributed by atoms with Crippen LogP contribution in [-0.2, 0) is 0 Å². The summed E-state index contributed by atoms with van der Waals surface area (Å²) in [5.41, 5.74) is 3.30. The van der Waals surface area contributed by atoms with E-state index in [1.54, 1.807) is 24.3 Å². The highest BCUT2D eigenvalue weighted by Gasteiger charge is 2.12. The number of halogens is 1. The molecule has 0 aliphatic carbocycles. The third-order valence-electron chi connectivity index (χ3n) is 3.78. The van der Waals surface area contributed by atoms with Gasteiger partial charge in [0.05, 0.1) is 10.6 Å².